The summed E-state index contributed by atoms with van der Waals surface area (Å²) in [5.74, 6) is -0.176. The quantitative estimate of drug-likeness (QED) is 0.0195. The van der Waals surface area contributed by atoms with Crippen molar-refractivity contribution in [3.63, 3.8) is 0 Å². The van der Waals surface area contributed by atoms with Crippen LogP contribution in [0.4, 0.5) is 0 Å². The molecule has 7 unspecified atom stereocenters. The fourth-order valence-corrected chi connectivity index (χ4v) is 11.9. The zero-order chi connectivity index (χ0) is 62.3. The van der Waals surface area contributed by atoms with Gasteiger partial charge in [-0.3, -0.25) is 9.59 Å². The fraction of sp³-hybridized carbons (Fsp3) is 0.893. The zero-order valence-electron chi connectivity index (χ0n) is 56.3. The molecule has 0 bridgehead atoms. The Labute approximate surface area is 530 Å². The van der Waals surface area contributed by atoms with E-state index >= 15 is 0 Å². The van der Waals surface area contributed by atoms with Crippen molar-refractivity contribution >= 4 is 11.9 Å². The van der Waals surface area contributed by atoms with Crippen molar-refractivity contribution < 1.29 is 49.3 Å². The van der Waals surface area contributed by atoms with Gasteiger partial charge in [0.15, 0.2) is 6.29 Å². The molecule has 0 radical (unpaired) electrons. The summed E-state index contributed by atoms with van der Waals surface area (Å²) in [6, 6.07) is -0.805. The molecule has 0 aromatic carbocycles. The average Bonchev–Trinajstić information content (AvgIpc) is 3.61. The molecule has 86 heavy (non-hydrogen) atoms. The number of esters is 1. The average molecular weight is 1220 g/mol. The first-order chi connectivity index (χ1) is 42.2. The van der Waals surface area contributed by atoms with Crippen molar-refractivity contribution in [3.8, 4) is 0 Å². The van der Waals surface area contributed by atoms with Gasteiger partial charge in [-0.25, -0.2) is 0 Å². The van der Waals surface area contributed by atoms with E-state index in [0.29, 0.717) is 19.4 Å². The summed E-state index contributed by atoms with van der Waals surface area (Å²) in [4.78, 5) is 25.1. The van der Waals surface area contributed by atoms with Crippen molar-refractivity contribution in [2.45, 2.75) is 410 Å². The first-order valence-electron chi connectivity index (χ1n) is 37.3. The summed E-state index contributed by atoms with van der Waals surface area (Å²) >= 11 is 0. The van der Waals surface area contributed by atoms with Gasteiger partial charge in [0.05, 0.1) is 32.0 Å². The number of amides is 1. The van der Waals surface area contributed by atoms with Crippen LogP contribution >= 0.6 is 0 Å². The number of carbonyl (C=O) groups excluding carboxylic acids is 2. The van der Waals surface area contributed by atoms with Crippen molar-refractivity contribution in [2.75, 3.05) is 19.8 Å². The van der Waals surface area contributed by atoms with Gasteiger partial charge < -0.3 is 45.1 Å². The molecule has 0 spiro atoms. The Balaban J connectivity index is 1.87. The van der Waals surface area contributed by atoms with Crippen molar-refractivity contribution in [1.82, 2.24) is 5.32 Å². The Hall–Kier alpha value is -2.12. The van der Waals surface area contributed by atoms with Crippen LogP contribution in [-0.4, -0.2) is 100 Å². The molecule has 7 atom stereocenters. The van der Waals surface area contributed by atoms with E-state index in [0.717, 1.165) is 64.2 Å². The number of aliphatic hydroxyl groups excluding tert-OH is 5. The summed E-state index contributed by atoms with van der Waals surface area (Å²) in [5, 5.41) is 54.3. The van der Waals surface area contributed by atoms with E-state index in [1.807, 2.05) is 6.08 Å². The third kappa shape index (κ3) is 52.6. The number of rotatable bonds is 66. The van der Waals surface area contributed by atoms with Gasteiger partial charge in [-0.1, -0.05) is 326 Å². The third-order valence-electron chi connectivity index (χ3n) is 17.7. The van der Waals surface area contributed by atoms with E-state index < -0.39 is 49.5 Å². The molecule has 1 heterocycles. The molecule has 506 valence electrons. The standard InChI is InChI=1S/C75H141NO10/c1-3-5-7-9-11-13-14-15-16-37-40-43-47-51-55-59-63-71(80)84-64-60-56-52-48-44-41-38-35-33-31-29-27-25-23-21-19-17-18-20-22-24-26-28-30-32-34-36-39-42-46-50-54-58-62-70(79)76-67(68(78)61-57-53-49-45-12-10-8-6-4-2)66-85-75-74(83)73(82)72(81)69(65-77)86-75/h13-14,16,37,57,61,67-69,72-75,77-78,81-83H,3-12,15,17-36,38-56,58-60,62-66H2,1-2H3,(H,76,79)/b14-13-,37-16-,61-57+. The molecule has 1 amide bonds. The maximum absolute atomic E-state index is 13.0. The van der Waals surface area contributed by atoms with Crippen LogP contribution < -0.4 is 5.32 Å². The molecule has 1 aliphatic rings. The zero-order valence-corrected chi connectivity index (χ0v) is 56.3. The lowest BCUT2D eigenvalue weighted by Crippen LogP contribution is -2.60. The summed E-state index contributed by atoms with van der Waals surface area (Å²) in [6.45, 7) is 4.33. The maximum Gasteiger partial charge on any atom is 0.305 e. The van der Waals surface area contributed by atoms with E-state index in [-0.39, 0.29) is 18.5 Å². The van der Waals surface area contributed by atoms with Crippen LogP contribution in [0, 0.1) is 0 Å². The van der Waals surface area contributed by atoms with Crippen LogP contribution in [-0.2, 0) is 23.8 Å². The normalized spacial score (nSPS) is 18.1. The number of aliphatic hydroxyl groups is 5. The molecule has 6 N–H and O–H groups in total. The van der Waals surface area contributed by atoms with E-state index in [1.165, 1.54) is 276 Å². The van der Waals surface area contributed by atoms with Crippen molar-refractivity contribution in [3.05, 3.63) is 36.5 Å². The summed E-state index contributed by atoms with van der Waals surface area (Å²) in [6.07, 6.45) is 73.2. The minimum Gasteiger partial charge on any atom is -0.466 e. The highest BCUT2D eigenvalue weighted by molar-refractivity contribution is 5.76. The molecule has 1 aliphatic heterocycles. The SMILES string of the molecule is CCCCCC/C=C\C/C=C\CCCCCCCC(=O)OCCCCCCCCCCCCCCCCCCCCCCCCCCCCCCCCCCCC(=O)NC(COC1OC(CO)C(O)C(O)C1O)C(O)/C=C/CCCCCCCCC. The van der Waals surface area contributed by atoms with Gasteiger partial charge in [0.1, 0.15) is 24.4 Å². The second-order valence-corrected chi connectivity index (χ2v) is 26.0. The van der Waals surface area contributed by atoms with E-state index in [4.69, 9.17) is 14.2 Å². The first-order valence-corrected chi connectivity index (χ1v) is 37.3. The van der Waals surface area contributed by atoms with E-state index in [2.05, 4.69) is 43.5 Å². The van der Waals surface area contributed by atoms with Gasteiger partial charge in [0.2, 0.25) is 5.91 Å². The van der Waals surface area contributed by atoms with Crippen LogP contribution in [0.3, 0.4) is 0 Å². The molecule has 1 rings (SSSR count). The highest BCUT2D eigenvalue weighted by Gasteiger charge is 2.44. The fourth-order valence-electron chi connectivity index (χ4n) is 11.9. The Morgan fingerprint density at radius 2 is 0.779 bits per heavy atom. The predicted octanol–water partition coefficient (Wildman–Crippen LogP) is 19.4. The molecule has 0 aromatic heterocycles. The number of allylic oxidation sites excluding steroid dienone is 5. The van der Waals surface area contributed by atoms with Gasteiger partial charge >= 0.3 is 5.97 Å². The summed E-state index contributed by atoms with van der Waals surface area (Å²) in [7, 11) is 0. The summed E-state index contributed by atoms with van der Waals surface area (Å²) < 4.78 is 16.7. The summed E-state index contributed by atoms with van der Waals surface area (Å²) in [5.41, 5.74) is 0. The Morgan fingerprint density at radius 3 is 1.19 bits per heavy atom. The molecule has 1 saturated heterocycles. The van der Waals surface area contributed by atoms with Crippen LogP contribution in [0.5, 0.6) is 0 Å². The largest absolute Gasteiger partial charge is 0.466 e. The van der Waals surface area contributed by atoms with Crippen LogP contribution in [0.25, 0.3) is 0 Å². The van der Waals surface area contributed by atoms with Gasteiger partial charge in [0.25, 0.3) is 0 Å². The highest BCUT2D eigenvalue weighted by Crippen LogP contribution is 2.24. The second-order valence-electron chi connectivity index (χ2n) is 26.0. The Bertz CT molecular complexity index is 1520. The van der Waals surface area contributed by atoms with Gasteiger partial charge in [0, 0.05) is 12.8 Å². The van der Waals surface area contributed by atoms with Crippen molar-refractivity contribution in [2.24, 2.45) is 0 Å². The smallest absolute Gasteiger partial charge is 0.305 e. The molecule has 11 nitrogen and oxygen atoms in total. The van der Waals surface area contributed by atoms with E-state index in [9.17, 15) is 35.1 Å². The topological polar surface area (TPSA) is 175 Å². The lowest BCUT2D eigenvalue weighted by atomic mass is 9.99. The van der Waals surface area contributed by atoms with Crippen LogP contribution in [0.1, 0.15) is 367 Å². The molecule has 0 aliphatic carbocycles. The molecular formula is C75H141NO10. The van der Waals surface area contributed by atoms with Gasteiger partial charge in [-0.05, 0) is 64.2 Å². The van der Waals surface area contributed by atoms with E-state index in [1.54, 1.807) is 6.08 Å². The number of hydrogen-bond donors (Lipinski definition) is 6. The van der Waals surface area contributed by atoms with Crippen LogP contribution in [0.2, 0.25) is 0 Å². The first kappa shape index (κ1) is 81.9. The lowest BCUT2D eigenvalue weighted by molar-refractivity contribution is -0.302. The Morgan fingerprint density at radius 1 is 0.430 bits per heavy atom. The third-order valence-corrected chi connectivity index (χ3v) is 17.7. The molecule has 11 heteroatoms. The molecule has 1 fully saturated rings. The number of carbonyl (C=O) groups is 2. The molecular weight excluding hydrogens is 1070 g/mol. The molecule has 0 saturated carbocycles. The monoisotopic (exact) mass is 1220 g/mol. The number of hydrogen-bond acceptors (Lipinski definition) is 10. The predicted molar refractivity (Wildman–Crippen MR) is 361 cm³/mol. The highest BCUT2D eigenvalue weighted by atomic mass is 16.7. The Kier molecular flexibility index (Phi) is 61.3. The number of unbranched alkanes of at least 4 members (excludes halogenated alkanes) is 48. The lowest BCUT2D eigenvalue weighted by Gasteiger charge is -2.40. The second kappa shape index (κ2) is 64.4. The minimum atomic E-state index is -1.57. The number of ether oxygens (including phenoxy) is 3. The van der Waals surface area contributed by atoms with Gasteiger partial charge in [-0.15, -0.1) is 0 Å². The maximum atomic E-state index is 13.0. The van der Waals surface area contributed by atoms with Crippen LogP contribution in [0.15, 0.2) is 36.5 Å². The van der Waals surface area contributed by atoms with Gasteiger partial charge in [-0.2, -0.15) is 0 Å². The number of nitrogens with one attached hydrogen (secondary N) is 1. The molecule has 0 aromatic rings. The van der Waals surface area contributed by atoms with Crippen molar-refractivity contribution in [1.29, 1.82) is 0 Å². The minimum absolute atomic E-state index is 0.00125.